The lowest BCUT2D eigenvalue weighted by molar-refractivity contribution is -0.385. The SMILES string of the molecule is N#Cc1cc([N+](=O)[O-])cnc1NCc1cccc(C(N)=O)c1. The number of rotatable bonds is 5. The number of nitro groups is 1. The molecular formula is C14H11N5O3. The zero-order valence-corrected chi connectivity index (χ0v) is 11.3. The molecule has 0 radical (unpaired) electrons. The Morgan fingerprint density at radius 1 is 1.45 bits per heavy atom. The molecule has 1 aromatic carbocycles. The van der Waals surface area contributed by atoms with Crippen molar-refractivity contribution in [2.75, 3.05) is 5.32 Å². The second-order valence-electron chi connectivity index (χ2n) is 4.38. The van der Waals surface area contributed by atoms with Crippen LogP contribution in [0.2, 0.25) is 0 Å². The number of primary amides is 1. The highest BCUT2D eigenvalue weighted by atomic mass is 16.6. The van der Waals surface area contributed by atoms with E-state index in [1.54, 1.807) is 24.3 Å². The number of nitrogens with two attached hydrogens (primary N) is 1. The molecule has 0 unspecified atom stereocenters. The maximum atomic E-state index is 11.1. The molecule has 0 bridgehead atoms. The number of pyridine rings is 1. The Labute approximate surface area is 125 Å². The molecule has 1 aromatic heterocycles. The number of carbonyl (C=O) groups excluding carboxylic acids is 1. The molecule has 0 spiro atoms. The van der Waals surface area contributed by atoms with Crippen LogP contribution >= 0.6 is 0 Å². The summed E-state index contributed by atoms with van der Waals surface area (Å²) in [5.74, 6) is -0.300. The van der Waals surface area contributed by atoms with Gasteiger partial charge in [-0.05, 0) is 17.7 Å². The first-order chi connectivity index (χ1) is 10.5. The van der Waals surface area contributed by atoms with Crippen LogP contribution in [0.1, 0.15) is 21.5 Å². The third-order valence-corrected chi connectivity index (χ3v) is 2.88. The van der Waals surface area contributed by atoms with Gasteiger partial charge in [0, 0.05) is 18.2 Å². The fourth-order valence-corrected chi connectivity index (χ4v) is 1.80. The zero-order chi connectivity index (χ0) is 16.1. The van der Waals surface area contributed by atoms with Gasteiger partial charge in [0.2, 0.25) is 5.91 Å². The number of aromatic nitrogens is 1. The smallest absolute Gasteiger partial charge is 0.289 e. The van der Waals surface area contributed by atoms with Crippen molar-refractivity contribution in [3.05, 3.63) is 63.3 Å². The fourth-order valence-electron chi connectivity index (χ4n) is 1.80. The Hall–Kier alpha value is -3.47. The van der Waals surface area contributed by atoms with Gasteiger partial charge in [0.25, 0.3) is 5.69 Å². The van der Waals surface area contributed by atoms with Gasteiger partial charge >= 0.3 is 0 Å². The van der Waals surface area contributed by atoms with Crippen molar-refractivity contribution < 1.29 is 9.72 Å². The van der Waals surface area contributed by atoms with Gasteiger partial charge in [-0.3, -0.25) is 14.9 Å². The minimum Gasteiger partial charge on any atom is -0.366 e. The standard InChI is InChI=1S/C14H11N5O3/c15-6-11-5-12(19(21)22)8-18-14(11)17-7-9-2-1-3-10(4-9)13(16)20/h1-5,8H,7H2,(H2,16,20)(H,17,18). The van der Waals surface area contributed by atoms with Gasteiger partial charge < -0.3 is 11.1 Å². The molecule has 0 atom stereocenters. The summed E-state index contributed by atoms with van der Waals surface area (Å²) in [7, 11) is 0. The van der Waals surface area contributed by atoms with Gasteiger partial charge in [-0.15, -0.1) is 0 Å². The van der Waals surface area contributed by atoms with Crippen molar-refractivity contribution >= 4 is 17.4 Å². The van der Waals surface area contributed by atoms with Gasteiger partial charge in [-0.2, -0.15) is 5.26 Å². The molecular weight excluding hydrogens is 286 g/mol. The summed E-state index contributed by atoms with van der Waals surface area (Å²) >= 11 is 0. The van der Waals surface area contributed by atoms with E-state index in [2.05, 4.69) is 10.3 Å². The summed E-state index contributed by atoms with van der Waals surface area (Å²) in [6.45, 7) is 0.292. The fraction of sp³-hybridized carbons (Fsp3) is 0.0714. The first kappa shape index (κ1) is 14.9. The Morgan fingerprint density at radius 3 is 2.86 bits per heavy atom. The number of anilines is 1. The number of nitrogens with one attached hydrogen (secondary N) is 1. The van der Waals surface area contributed by atoms with E-state index in [0.29, 0.717) is 12.1 Å². The highest BCUT2D eigenvalue weighted by molar-refractivity contribution is 5.92. The number of nitrogens with zero attached hydrogens (tertiary/aromatic N) is 3. The van der Waals surface area contributed by atoms with Gasteiger partial charge in [-0.1, -0.05) is 12.1 Å². The quantitative estimate of drug-likeness (QED) is 0.635. The molecule has 1 heterocycles. The molecule has 110 valence electrons. The normalized spacial score (nSPS) is 9.77. The summed E-state index contributed by atoms with van der Waals surface area (Å²) in [6.07, 6.45) is 1.07. The molecule has 8 nitrogen and oxygen atoms in total. The van der Waals surface area contributed by atoms with Gasteiger partial charge in [0.15, 0.2) is 0 Å². The van der Waals surface area contributed by atoms with E-state index in [4.69, 9.17) is 11.0 Å². The summed E-state index contributed by atoms with van der Waals surface area (Å²) in [5.41, 5.74) is 6.16. The maximum absolute atomic E-state index is 11.1. The summed E-state index contributed by atoms with van der Waals surface area (Å²) in [4.78, 5) is 25.0. The number of nitriles is 1. The largest absolute Gasteiger partial charge is 0.366 e. The number of hydrogen-bond acceptors (Lipinski definition) is 6. The Morgan fingerprint density at radius 2 is 2.23 bits per heavy atom. The monoisotopic (exact) mass is 297 g/mol. The third-order valence-electron chi connectivity index (χ3n) is 2.88. The number of amides is 1. The Kier molecular flexibility index (Phi) is 4.29. The van der Waals surface area contributed by atoms with Crippen molar-refractivity contribution in [3.63, 3.8) is 0 Å². The highest BCUT2D eigenvalue weighted by Gasteiger charge is 2.12. The van der Waals surface area contributed by atoms with E-state index < -0.39 is 10.8 Å². The van der Waals surface area contributed by atoms with Crippen LogP contribution in [0.25, 0.3) is 0 Å². The zero-order valence-electron chi connectivity index (χ0n) is 11.3. The molecule has 2 aromatic rings. The van der Waals surface area contributed by atoms with E-state index in [9.17, 15) is 14.9 Å². The summed E-state index contributed by atoms with van der Waals surface area (Å²) < 4.78 is 0. The van der Waals surface area contributed by atoms with Crippen LogP contribution in [-0.4, -0.2) is 15.8 Å². The van der Waals surface area contributed by atoms with E-state index >= 15 is 0 Å². The molecule has 1 amide bonds. The maximum Gasteiger partial charge on any atom is 0.289 e. The molecule has 0 saturated heterocycles. The Balaban J connectivity index is 2.18. The van der Waals surface area contributed by atoms with Gasteiger partial charge in [0.1, 0.15) is 23.6 Å². The molecule has 0 fully saturated rings. The second kappa shape index (κ2) is 6.32. The minimum absolute atomic E-state index is 0.0697. The lowest BCUT2D eigenvalue weighted by Gasteiger charge is -2.08. The second-order valence-corrected chi connectivity index (χ2v) is 4.38. The predicted octanol–water partition coefficient (Wildman–Crippen LogP) is 1.57. The van der Waals surface area contributed by atoms with Crippen LogP contribution in [-0.2, 0) is 6.54 Å². The molecule has 0 saturated carbocycles. The predicted molar refractivity (Wildman–Crippen MR) is 77.9 cm³/mol. The lowest BCUT2D eigenvalue weighted by Crippen LogP contribution is -2.11. The van der Waals surface area contributed by atoms with E-state index in [1.165, 1.54) is 0 Å². The van der Waals surface area contributed by atoms with Crippen LogP contribution < -0.4 is 11.1 Å². The van der Waals surface area contributed by atoms with Gasteiger partial charge in [-0.25, -0.2) is 4.98 Å². The molecule has 0 aliphatic heterocycles. The Bertz CT molecular complexity index is 782. The van der Waals surface area contributed by atoms with Crippen LogP contribution in [0.15, 0.2) is 36.5 Å². The number of hydrogen-bond donors (Lipinski definition) is 2. The minimum atomic E-state index is -0.617. The lowest BCUT2D eigenvalue weighted by atomic mass is 10.1. The third kappa shape index (κ3) is 3.34. The van der Waals surface area contributed by atoms with Crippen LogP contribution in [0, 0.1) is 21.4 Å². The average molecular weight is 297 g/mol. The molecule has 0 aliphatic carbocycles. The highest BCUT2D eigenvalue weighted by Crippen LogP contribution is 2.19. The van der Waals surface area contributed by atoms with Crippen molar-refractivity contribution in [1.82, 2.24) is 4.98 Å². The molecule has 8 heteroatoms. The summed E-state index contributed by atoms with van der Waals surface area (Å²) in [5, 5.41) is 22.6. The van der Waals surface area contributed by atoms with Crippen LogP contribution in [0.5, 0.6) is 0 Å². The van der Waals surface area contributed by atoms with Crippen molar-refractivity contribution in [2.45, 2.75) is 6.54 Å². The van der Waals surface area contributed by atoms with E-state index in [1.807, 2.05) is 6.07 Å². The summed E-state index contributed by atoms with van der Waals surface area (Å²) in [6, 6.07) is 9.67. The molecule has 0 aliphatic rings. The number of carbonyl (C=O) groups is 1. The molecule has 2 rings (SSSR count). The first-order valence-electron chi connectivity index (χ1n) is 6.18. The van der Waals surface area contributed by atoms with Crippen molar-refractivity contribution in [2.24, 2.45) is 5.73 Å². The van der Waals surface area contributed by atoms with Crippen LogP contribution in [0.4, 0.5) is 11.5 Å². The van der Waals surface area contributed by atoms with Gasteiger partial charge in [0.05, 0.1) is 4.92 Å². The topological polar surface area (TPSA) is 135 Å². The first-order valence-corrected chi connectivity index (χ1v) is 6.18. The average Bonchev–Trinajstić information content (AvgIpc) is 2.52. The van der Waals surface area contributed by atoms with Crippen molar-refractivity contribution in [3.8, 4) is 6.07 Å². The molecule has 3 N–H and O–H groups in total. The van der Waals surface area contributed by atoms with Crippen molar-refractivity contribution in [1.29, 1.82) is 5.26 Å². The molecule has 22 heavy (non-hydrogen) atoms. The van der Waals surface area contributed by atoms with Crippen LogP contribution in [0.3, 0.4) is 0 Å². The number of benzene rings is 1. The van der Waals surface area contributed by atoms with E-state index in [0.717, 1.165) is 17.8 Å². The van der Waals surface area contributed by atoms with E-state index in [-0.39, 0.29) is 17.1 Å².